The molecule has 6 heterocycles. The first-order valence-electron chi connectivity index (χ1n) is 23.7. The van der Waals surface area contributed by atoms with Crippen LogP contribution < -0.4 is 0 Å². The van der Waals surface area contributed by atoms with Crippen molar-refractivity contribution in [3.05, 3.63) is 206 Å². The number of rotatable bonds is 5. The summed E-state index contributed by atoms with van der Waals surface area (Å²) in [6.07, 6.45) is 0. The van der Waals surface area contributed by atoms with E-state index in [0.717, 1.165) is 99.3 Å². The zero-order chi connectivity index (χ0) is 46.3. The number of furan rings is 3. The van der Waals surface area contributed by atoms with Gasteiger partial charge in [-0.2, -0.15) is 0 Å². The fourth-order valence-electron chi connectivity index (χ4n) is 11.2. The van der Waals surface area contributed by atoms with Gasteiger partial charge in [0, 0.05) is 85.6 Å². The van der Waals surface area contributed by atoms with Crippen LogP contribution in [0.3, 0.4) is 0 Å². The van der Waals surface area contributed by atoms with Gasteiger partial charge in [0.1, 0.15) is 33.5 Å². The Balaban J connectivity index is 0.871. The SMILES string of the molecule is c1ccc2c(c1)oc1cccc(-c3nc(-c4cccc5oc6ccccc6c45)nc(-c4cccc5oc6cc(-c7cccc8sc9cc(-n%10c%11ccccc%11c%11ccccc%11%10)ccc9c78)ccc6c45)n3)c12. The highest BCUT2D eigenvalue weighted by Gasteiger charge is 2.23. The normalized spacial score (nSPS) is 12.2. The average Bonchev–Trinajstić information content (AvgIpc) is 4.25. The molecule has 0 bridgehead atoms. The molecule has 0 aliphatic heterocycles. The van der Waals surface area contributed by atoms with Gasteiger partial charge in [0.05, 0.1) is 11.0 Å². The van der Waals surface area contributed by atoms with Crippen LogP contribution in [0.5, 0.6) is 0 Å². The maximum Gasteiger partial charge on any atom is 0.164 e. The van der Waals surface area contributed by atoms with E-state index in [9.17, 15) is 0 Å². The van der Waals surface area contributed by atoms with Gasteiger partial charge in [-0.05, 0) is 83.9 Å². The standard InChI is InChI=1S/C63H34N4O3S/c1-5-21-47-38(13-1)39-14-2-6-22-48(39)67(47)36-30-32-43-56(34-36)71-55-28-12-17-37(60(43)55)35-29-31-42-54(33-35)70-53-27-11-20-46(59(42)53)63-65-61(44-18-9-25-51-57(44)40-15-3-7-23-49(40)68-51)64-62(66-63)45-19-10-26-52-58(45)41-16-4-8-24-50(41)69-52/h1-34H. The predicted octanol–water partition coefficient (Wildman–Crippen LogP) is 17.7. The third-order valence-corrected chi connectivity index (χ3v) is 15.4. The van der Waals surface area contributed by atoms with Crippen LogP contribution in [0.4, 0.5) is 0 Å². The van der Waals surface area contributed by atoms with Gasteiger partial charge in [0.15, 0.2) is 17.5 Å². The van der Waals surface area contributed by atoms with Crippen LogP contribution in [-0.2, 0) is 0 Å². The lowest BCUT2D eigenvalue weighted by Gasteiger charge is -2.11. The van der Waals surface area contributed by atoms with E-state index in [-0.39, 0.29) is 0 Å². The first kappa shape index (κ1) is 38.6. The zero-order valence-electron chi connectivity index (χ0n) is 37.6. The number of fused-ring (bicyclic) bond motifs is 15. The Labute approximate surface area is 407 Å². The quantitative estimate of drug-likeness (QED) is 0.171. The summed E-state index contributed by atoms with van der Waals surface area (Å²) in [5.41, 5.74) is 13.0. The summed E-state index contributed by atoms with van der Waals surface area (Å²) in [5.74, 6) is 1.61. The molecule has 8 heteroatoms. The molecular weight excluding hydrogens is 893 g/mol. The lowest BCUT2D eigenvalue weighted by Crippen LogP contribution is -2.01. The lowest BCUT2D eigenvalue weighted by atomic mass is 9.97. The lowest BCUT2D eigenvalue weighted by molar-refractivity contribution is 0.668. The molecule has 0 saturated heterocycles. The number of thiophene rings is 1. The molecule has 330 valence electrons. The Morgan fingerprint density at radius 2 is 0.761 bits per heavy atom. The van der Waals surface area contributed by atoms with E-state index in [1.807, 2.05) is 84.1 Å². The van der Waals surface area contributed by atoms with Crippen LogP contribution in [-0.4, -0.2) is 19.5 Å². The smallest absolute Gasteiger partial charge is 0.164 e. The highest BCUT2D eigenvalue weighted by atomic mass is 32.1. The van der Waals surface area contributed by atoms with Crippen molar-refractivity contribution in [2.24, 2.45) is 0 Å². The van der Waals surface area contributed by atoms with Gasteiger partial charge in [0.2, 0.25) is 0 Å². The molecule has 16 aromatic rings. The Morgan fingerprint density at radius 3 is 1.34 bits per heavy atom. The second-order valence-corrected chi connectivity index (χ2v) is 19.3. The van der Waals surface area contributed by atoms with Gasteiger partial charge < -0.3 is 17.8 Å². The van der Waals surface area contributed by atoms with E-state index in [4.69, 9.17) is 28.2 Å². The van der Waals surface area contributed by atoms with Crippen molar-refractivity contribution in [1.29, 1.82) is 0 Å². The van der Waals surface area contributed by atoms with E-state index in [1.165, 1.54) is 42.0 Å². The van der Waals surface area contributed by atoms with Crippen LogP contribution in [0.15, 0.2) is 220 Å². The Kier molecular flexibility index (Phi) is 7.92. The third-order valence-electron chi connectivity index (χ3n) is 14.3. The van der Waals surface area contributed by atoms with Crippen molar-refractivity contribution in [3.8, 4) is 51.0 Å². The molecule has 0 saturated carbocycles. The molecule has 0 atom stereocenters. The van der Waals surface area contributed by atoms with Crippen molar-refractivity contribution < 1.29 is 13.3 Å². The highest BCUT2D eigenvalue weighted by Crippen LogP contribution is 2.45. The molecule has 0 aliphatic carbocycles. The predicted molar refractivity (Wildman–Crippen MR) is 291 cm³/mol. The minimum atomic E-state index is 0.534. The summed E-state index contributed by atoms with van der Waals surface area (Å²) in [5, 5.41) is 10.8. The fraction of sp³-hybridized carbons (Fsp3) is 0. The molecule has 10 aromatic carbocycles. The van der Waals surface area contributed by atoms with Crippen LogP contribution >= 0.6 is 11.3 Å². The second kappa shape index (κ2) is 14.6. The Hall–Kier alpha value is -9.37. The number of hydrogen-bond donors (Lipinski definition) is 0. The number of hydrogen-bond acceptors (Lipinski definition) is 7. The molecule has 0 aliphatic rings. The highest BCUT2D eigenvalue weighted by molar-refractivity contribution is 7.26. The van der Waals surface area contributed by atoms with Gasteiger partial charge in [-0.1, -0.05) is 133 Å². The molecule has 71 heavy (non-hydrogen) atoms. The van der Waals surface area contributed by atoms with E-state index in [1.54, 1.807) is 0 Å². The van der Waals surface area contributed by atoms with Crippen molar-refractivity contribution in [2.75, 3.05) is 0 Å². The first-order valence-corrected chi connectivity index (χ1v) is 24.5. The van der Waals surface area contributed by atoms with Crippen molar-refractivity contribution in [3.63, 3.8) is 0 Å². The zero-order valence-corrected chi connectivity index (χ0v) is 38.4. The van der Waals surface area contributed by atoms with Crippen LogP contribution in [0.25, 0.3) is 159 Å². The molecule has 16 rings (SSSR count). The van der Waals surface area contributed by atoms with Crippen LogP contribution in [0, 0.1) is 0 Å². The van der Waals surface area contributed by atoms with Crippen molar-refractivity contribution in [2.45, 2.75) is 0 Å². The molecule has 0 N–H and O–H groups in total. The summed E-state index contributed by atoms with van der Waals surface area (Å²) in [7, 11) is 0. The van der Waals surface area contributed by atoms with E-state index < -0.39 is 0 Å². The molecule has 0 unspecified atom stereocenters. The Bertz CT molecular complexity index is 4730. The summed E-state index contributed by atoms with van der Waals surface area (Å²) < 4.78 is 24.4. The number of para-hydroxylation sites is 4. The monoisotopic (exact) mass is 926 g/mol. The van der Waals surface area contributed by atoms with Gasteiger partial charge >= 0.3 is 0 Å². The minimum Gasteiger partial charge on any atom is -0.456 e. The Morgan fingerprint density at radius 1 is 0.310 bits per heavy atom. The van der Waals surface area contributed by atoms with Crippen molar-refractivity contribution in [1.82, 2.24) is 19.5 Å². The number of nitrogens with zero attached hydrogens (tertiary/aromatic N) is 4. The summed E-state index contributed by atoms with van der Waals surface area (Å²) in [4.78, 5) is 16.0. The van der Waals surface area contributed by atoms with Gasteiger partial charge in [-0.25, -0.2) is 15.0 Å². The average molecular weight is 927 g/mol. The van der Waals surface area contributed by atoms with Crippen LogP contribution in [0.2, 0.25) is 0 Å². The van der Waals surface area contributed by atoms with E-state index >= 15 is 0 Å². The summed E-state index contributed by atoms with van der Waals surface area (Å²) >= 11 is 1.84. The second-order valence-electron chi connectivity index (χ2n) is 18.2. The number of benzene rings is 10. The molecule has 0 amide bonds. The maximum atomic E-state index is 6.81. The summed E-state index contributed by atoms with van der Waals surface area (Å²) in [6.45, 7) is 0. The van der Waals surface area contributed by atoms with Gasteiger partial charge in [0.25, 0.3) is 0 Å². The largest absolute Gasteiger partial charge is 0.456 e. The van der Waals surface area contributed by atoms with E-state index in [2.05, 4.69) is 138 Å². The van der Waals surface area contributed by atoms with E-state index in [0.29, 0.717) is 17.5 Å². The van der Waals surface area contributed by atoms with Gasteiger partial charge in [-0.15, -0.1) is 11.3 Å². The molecule has 0 radical (unpaired) electrons. The third kappa shape index (κ3) is 5.62. The topological polar surface area (TPSA) is 83.0 Å². The molecular formula is C63H34N4O3S. The molecule has 0 spiro atoms. The molecule has 6 aromatic heterocycles. The molecule has 0 fully saturated rings. The molecule has 7 nitrogen and oxygen atoms in total. The first-order chi connectivity index (χ1) is 35.2. The van der Waals surface area contributed by atoms with Crippen molar-refractivity contribution >= 4 is 119 Å². The number of aromatic nitrogens is 4. The van der Waals surface area contributed by atoms with Gasteiger partial charge in [-0.3, -0.25) is 0 Å². The summed E-state index contributed by atoms with van der Waals surface area (Å²) in [6, 6.07) is 72.0. The fourth-order valence-corrected chi connectivity index (χ4v) is 12.4. The minimum absolute atomic E-state index is 0.534. The maximum absolute atomic E-state index is 6.81. The van der Waals surface area contributed by atoms with Crippen LogP contribution in [0.1, 0.15) is 0 Å².